The Morgan fingerprint density at radius 3 is 1.30 bits per heavy atom. The van der Waals surface area contributed by atoms with Crippen LogP contribution in [0.5, 0.6) is 0 Å². The van der Waals surface area contributed by atoms with E-state index in [1.54, 1.807) is 11.1 Å². The van der Waals surface area contributed by atoms with E-state index in [0.29, 0.717) is 10.8 Å². The summed E-state index contributed by atoms with van der Waals surface area (Å²) in [6.07, 6.45) is 2.69. The Morgan fingerprint density at radius 2 is 1.00 bits per heavy atom. The van der Waals surface area contributed by atoms with E-state index >= 15 is 0 Å². The molecule has 0 heterocycles. The minimum Gasteiger partial charge on any atom is -0.0622 e. The lowest BCUT2D eigenvalue weighted by atomic mass is 9.26. The van der Waals surface area contributed by atoms with Crippen LogP contribution >= 0.6 is 0 Å². The van der Waals surface area contributed by atoms with Crippen LogP contribution in [0.3, 0.4) is 0 Å². The van der Waals surface area contributed by atoms with E-state index in [1.165, 1.54) is 12.8 Å². The van der Waals surface area contributed by atoms with E-state index < -0.39 is 0 Å². The lowest BCUT2D eigenvalue weighted by Crippen LogP contribution is -2.75. The molecule has 2 saturated carbocycles. The fourth-order valence-electron chi connectivity index (χ4n) is 5.49. The van der Waals surface area contributed by atoms with E-state index in [-0.39, 0.29) is 0 Å². The Kier molecular flexibility index (Phi) is 2.42. The third kappa shape index (κ3) is 1.15. The van der Waals surface area contributed by atoms with Crippen LogP contribution in [0, 0.1) is 11.8 Å². The van der Waals surface area contributed by atoms with Gasteiger partial charge in [-0.3, -0.25) is 0 Å². The van der Waals surface area contributed by atoms with Gasteiger partial charge in [0.05, 0.1) is 0 Å². The molecule has 20 heavy (non-hydrogen) atoms. The van der Waals surface area contributed by atoms with Crippen molar-refractivity contribution in [1.29, 1.82) is 0 Å². The summed E-state index contributed by atoms with van der Waals surface area (Å²) in [6.45, 7) is 4.91. The fourth-order valence-corrected chi connectivity index (χ4v) is 5.49. The Labute approximate surface area is 121 Å². The molecule has 0 nitrogen and oxygen atoms in total. The van der Waals surface area contributed by atoms with Crippen LogP contribution in [0.25, 0.3) is 0 Å². The van der Waals surface area contributed by atoms with Crippen molar-refractivity contribution < 1.29 is 0 Å². The van der Waals surface area contributed by atoms with E-state index in [4.69, 9.17) is 0 Å². The fraction of sp³-hybridized carbons (Fsp3) is 0.400. The second kappa shape index (κ2) is 3.97. The normalized spacial score (nSPS) is 38.5. The molecular formula is C20H22. The molecule has 0 saturated heterocycles. The highest BCUT2D eigenvalue weighted by molar-refractivity contribution is 5.50. The number of benzene rings is 2. The second-order valence-electron chi connectivity index (χ2n) is 6.75. The van der Waals surface area contributed by atoms with Gasteiger partial charge >= 0.3 is 0 Å². The Balaban J connectivity index is 1.88. The third-order valence-corrected chi connectivity index (χ3v) is 6.59. The lowest BCUT2D eigenvalue weighted by Gasteiger charge is -2.76. The Bertz CT molecular complexity index is 558. The minimum atomic E-state index is 0.384. The quantitative estimate of drug-likeness (QED) is 0.719. The summed E-state index contributed by atoms with van der Waals surface area (Å²) in [7, 11) is 0. The second-order valence-corrected chi connectivity index (χ2v) is 6.75. The highest BCUT2D eigenvalue weighted by Gasteiger charge is 2.74. The van der Waals surface area contributed by atoms with Gasteiger partial charge in [0.25, 0.3) is 0 Å². The van der Waals surface area contributed by atoms with Crippen molar-refractivity contribution in [3.05, 3.63) is 71.8 Å². The van der Waals surface area contributed by atoms with Gasteiger partial charge in [0, 0.05) is 10.8 Å². The van der Waals surface area contributed by atoms with Crippen molar-refractivity contribution in [3.8, 4) is 0 Å². The standard InChI is InChI=1S/C20H22/c1-15-16(2)20(18-11-7-4-8-12-18)14-13-19(15,20)17-9-5-3-6-10-17/h3-12,15-16H,13-14H2,1-2H3/t15-,16+,19-,20+. The van der Waals surface area contributed by atoms with Crippen LogP contribution in [0.1, 0.15) is 37.8 Å². The smallest absolute Gasteiger partial charge is 0.00812 e. The first-order valence-electron chi connectivity index (χ1n) is 7.84. The molecule has 2 fully saturated rings. The van der Waals surface area contributed by atoms with Crippen LogP contribution in [0.15, 0.2) is 60.7 Å². The Hall–Kier alpha value is -1.56. The summed E-state index contributed by atoms with van der Waals surface area (Å²) in [5.41, 5.74) is 3.88. The van der Waals surface area contributed by atoms with E-state index in [2.05, 4.69) is 74.5 Å². The summed E-state index contributed by atoms with van der Waals surface area (Å²) in [5.74, 6) is 1.55. The summed E-state index contributed by atoms with van der Waals surface area (Å²) in [5, 5.41) is 0. The molecule has 4 rings (SSSR count). The molecular weight excluding hydrogens is 240 g/mol. The van der Waals surface area contributed by atoms with Crippen molar-refractivity contribution >= 4 is 0 Å². The minimum absolute atomic E-state index is 0.384. The van der Waals surface area contributed by atoms with Crippen molar-refractivity contribution in [3.63, 3.8) is 0 Å². The topological polar surface area (TPSA) is 0 Å². The van der Waals surface area contributed by atoms with Crippen molar-refractivity contribution in [1.82, 2.24) is 0 Å². The first-order valence-corrected chi connectivity index (χ1v) is 7.84. The predicted molar refractivity (Wildman–Crippen MR) is 83.8 cm³/mol. The lowest BCUT2D eigenvalue weighted by molar-refractivity contribution is -0.155. The summed E-state index contributed by atoms with van der Waals surface area (Å²) in [6, 6.07) is 22.5. The molecule has 4 atom stereocenters. The van der Waals surface area contributed by atoms with Crippen LogP contribution in [0.4, 0.5) is 0 Å². The molecule has 0 N–H and O–H groups in total. The highest BCUT2D eigenvalue weighted by Crippen LogP contribution is 2.76. The summed E-state index contributed by atoms with van der Waals surface area (Å²) < 4.78 is 0. The monoisotopic (exact) mass is 262 g/mol. The van der Waals surface area contributed by atoms with E-state index in [0.717, 1.165) is 11.8 Å². The van der Waals surface area contributed by atoms with Crippen LogP contribution in [-0.2, 0) is 10.8 Å². The van der Waals surface area contributed by atoms with E-state index in [1.807, 2.05) is 0 Å². The van der Waals surface area contributed by atoms with Gasteiger partial charge in [0.1, 0.15) is 0 Å². The van der Waals surface area contributed by atoms with Gasteiger partial charge in [0.15, 0.2) is 0 Å². The molecule has 0 amide bonds. The largest absolute Gasteiger partial charge is 0.0622 e. The van der Waals surface area contributed by atoms with Gasteiger partial charge in [-0.2, -0.15) is 0 Å². The first-order chi connectivity index (χ1) is 9.73. The highest BCUT2D eigenvalue weighted by atomic mass is 14.8. The number of hydrogen-bond donors (Lipinski definition) is 0. The van der Waals surface area contributed by atoms with Crippen LogP contribution in [-0.4, -0.2) is 0 Å². The zero-order chi connectivity index (χ0) is 13.8. The predicted octanol–water partition coefficient (Wildman–Crippen LogP) is 4.94. The first kappa shape index (κ1) is 12.2. The maximum absolute atomic E-state index is 2.46. The van der Waals surface area contributed by atoms with Crippen molar-refractivity contribution in [2.45, 2.75) is 37.5 Å². The molecule has 2 aromatic rings. The number of fused-ring (bicyclic) bond motifs is 1. The van der Waals surface area contributed by atoms with Crippen molar-refractivity contribution in [2.75, 3.05) is 0 Å². The molecule has 2 aliphatic carbocycles. The van der Waals surface area contributed by atoms with Gasteiger partial charge in [-0.05, 0) is 35.8 Å². The maximum Gasteiger partial charge on any atom is 0.00812 e. The van der Waals surface area contributed by atoms with Crippen molar-refractivity contribution in [2.24, 2.45) is 11.8 Å². The molecule has 0 spiro atoms. The number of hydrogen-bond acceptors (Lipinski definition) is 0. The SMILES string of the molecule is C[C@@H]1[C@H](C)[C@]2(c3ccccc3)CC[C@]12c1ccccc1. The zero-order valence-electron chi connectivity index (χ0n) is 12.3. The average Bonchev–Trinajstić information content (AvgIpc) is 2.49. The van der Waals surface area contributed by atoms with Gasteiger partial charge in [-0.1, -0.05) is 74.5 Å². The zero-order valence-corrected chi connectivity index (χ0v) is 12.3. The van der Waals surface area contributed by atoms with Gasteiger partial charge in [-0.15, -0.1) is 0 Å². The van der Waals surface area contributed by atoms with Gasteiger partial charge in [0.2, 0.25) is 0 Å². The molecule has 0 unspecified atom stereocenters. The number of rotatable bonds is 2. The Morgan fingerprint density at radius 1 is 0.650 bits per heavy atom. The van der Waals surface area contributed by atoms with Gasteiger partial charge < -0.3 is 0 Å². The molecule has 0 aliphatic heterocycles. The molecule has 2 aliphatic rings. The van der Waals surface area contributed by atoms with Crippen LogP contribution < -0.4 is 0 Å². The molecule has 0 bridgehead atoms. The molecule has 0 radical (unpaired) electrons. The maximum atomic E-state index is 2.46. The van der Waals surface area contributed by atoms with E-state index in [9.17, 15) is 0 Å². The van der Waals surface area contributed by atoms with Gasteiger partial charge in [-0.25, -0.2) is 0 Å². The summed E-state index contributed by atoms with van der Waals surface area (Å²) >= 11 is 0. The molecule has 0 aromatic heterocycles. The molecule has 102 valence electrons. The molecule has 0 heteroatoms. The molecule has 2 aromatic carbocycles. The van der Waals surface area contributed by atoms with Crippen LogP contribution in [0.2, 0.25) is 0 Å². The third-order valence-electron chi connectivity index (χ3n) is 6.59. The summed E-state index contributed by atoms with van der Waals surface area (Å²) in [4.78, 5) is 0. The average molecular weight is 262 g/mol.